The van der Waals surface area contributed by atoms with Crippen LogP contribution in [-0.2, 0) is 25.6 Å². The third-order valence-corrected chi connectivity index (χ3v) is 4.12. The van der Waals surface area contributed by atoms with Crippen molar-refractivity contribution in [2.24, 2.45) is 0 Å². The molecule has 1 aromatic rings. The molecule has 0 spiro atoms. The molecule has 0 bridgehead atoms. The van der Waals surface area contributed by atoms with E-state index in [2.05, 4.69) is 16.0 Å². The number of aliphatic carboxylic acids is 1. The molecule has 27 heavy (non-hydrogen) atoms. The first kappa shape index (κ1) is 19.9. The van der Waals surface area contributed by atoms with Crippen LogP contribution in [0.15, 0.2) is 30.3 Å². The van der Waals surface area contributed by atoms with Crippen LogP contribution in [0.5, 0.6) is 0 Å². The van der Waals surface area contributed by atoms with Crippen LogP contribution in [0.2, 0.25) is 0 Å². The van der Waals surface area contributed by atoms with Crippen molar-refractivity contribution >= 4 is 23.7 Å². The molecule has 3 amide bonds. The van der Waals surface area contributed by atoms with E-state index in [1.807, 2.05) is 36.4 Å². The molecule has 9 heteroatoms. The lowest BCUT2D eigenvalue weighted by Crippen LogP contribution is -2.63. The molecule has 0 saturated carbocycles. The highest BCUT2D eigenvalue weighted by atomic mass is 16.4. The fraction of sp³-hybridized carbons (Fsp3) is 0.389. The Morgan fingerprint density at radius 2 is 1.78 bits per heavy atom. The van der Waals surface area contributed by atoms with E-state index in [0.29, 0.717) is 6.42 Å². The molecule has 1 saturated heterocycles. The van der Waals surface area contributed by atoms with Gasteiger partial charge in [-0.1, -0.05) is 30.3 Å². The normalized spacial score (nSPS) is 20.0. The molecule has 1 aliphatic rings. The van der Waals surface area contributed by atoms with Gasteiger partial charge in [-0.15, -0.1) is 0 Å². The second-order valence-electron chi connectivity index (χ2n) is 6.17. The Hall–Kier alpha value is -3.41. The number of carbonyl (C=O) groups excluding carboxylic acids is 3. The number of hydrogen-bond acceptors (Lipinski definition) is 5. The smallest absolute Gasteiger partial charge is 0.326 e. The number of benzene rings is 1. The molecule has 0 aliphatic carbocycles. The Kier molecular flexibility index (Phi) is 6.88. The Morgan fingerprint density at radius 1 is 1.15 bits per heavy atom. The second kappa shape index (κ2) is 9.33. The summed E-state index contributed by atoms with van der Waals surface area (Å²) in [5, 5.41) is 24.9. The zero-order chi connectivity index (χ0) is 19.8. The number of rotatable bonds is 8. The number of hydrogen-bond donors (Lipinski definition) is 4. The van der Waals surface area contributed by atoms with Gasteiger partial charge in [0.05, 0.1) is 12.5 Å². The van der Waals surface area contributed by atoms with Crippen LogP contribution in [0.25, 0.3) is 0 Å². The summed E-state index contributed by atoms with van der Waals surface area (Å²) in [6.45, 7) is 0. The topological polar surface area (TPSA) is 148 Å². The van der Waals surface area contributed by atoms with E-state index in [4.69, 9.17) is 10.4 Å². The van der Waals surface area contributed by atoms with E-state index < -0.39 is 41.8 Å². The quantitative estimate of drug-likeness (QED) is 0.482. The molecule has 4 N–H and O–H groups in total. The van der Waals surface area contributed by atoms with E-state index in [1.165, 1.54) is 0 Å². The zero-order valence-electron chi connectivity index (χ0n) is 14.5. The van der Waals surface area contributed by atoms with Gasteiger partial charge in [-0.25, -0.2) is 4.79 Å². The number of amides is 3. The van der Waals surface area contributed by atoms with Crippen molar-refractivity contribution in [3.8, 4) is 6.07 Å². The van der Waals surface area contributed by atoms with Gasteiger partial charge in [-0.3, -0.25) is 14.4 Å². The minimum Gasteiger partial charge on any atom is -0.480 e. The lowest BCUT2D eigenvalue weighted by atomic mass is 10.0. The largest absolute Gasteiger partial charge is 0.480 e. The van der Waals surface area contributed by atoms with Gasteiger partial charge in [0, 0.05) is 12.8 Å². The summed E-state index contributed by atoms with van der Waals surface area (Å²) in [7, 11) is 0. The maximum atomic E-state index is 12.2. The molecule has 2 rings (SSSR count). The molecule has 1 aromatic carbocycles. The van der Waals surface area contributed by atoms with Crippen molar-refractivity contribution < 1.29 is 24.3 Å². The standard InChI is InChI=1S/C18H20N4O5/c19-8-4-7-12(18(26)27)20-15(23)10-14-17(25)21-13(16(24)22-14)9-11-5-2-1-3-6-11/h1-3,5-6,12-14H,4,7,9-10H2,(H,20,23)(H,21,25)(H,22,24)(H,26,27)/t12-,13+,14+/m1/s1. The Morgan fingerprint density at radius 3 is 2.41 bits per heavy atom. The number of carboxylic acids is 1. The molecule has 9 nitrogen and oxygen atoms in total. The minimum atomic E-state index is -1.27. The predicted molar refractivity (Wildman–Crippen MR) is 93.0 cm³/mol. The zero-order valence-corrected chi connectivity index (χ0v) is 14.5. The number of carbonyl (C=O) groups is 4. The van der Waals surface area contributed by atoms with Crippen LogP contribution in [0.1, 0.15) is 24.8 Å². The molecule has 1 aliphatic heterocycles. The van der Waals surface area contributed by atoms with Gasteiger partial charge < -0.3 is 21.1 Å². The van der Waals surface area contributed by atoms with E-state index in [0.717, 1.165) is 5.56 Å². The van der Waals surface area contributed by atoms with E-state index in [9.17, 15) is 19.2 Å². The van der Waals surface area contributed by atoms with Crippen LogP contribution in [0.4, 0.5) is 0 Å². The van der Waals surface area contributed by atoms with Crippen molar-refractivity contribution in [1.29, 1.82) is 5.26 Å². The first-order valence-corrected chi connectivity index (χ1v) is 8.44. The lowest BCUT2D eigenvalue weighted by Gasteiger charge is -2.29. The lowest BCUT2D eigenvalue weighted by molar-refractivity contribution is -0.143. The Labute approximate surface area is 155 Å². The summed E-state index contributed by atoms with van der Waals surface area (Å²) >= 11 is 0. The van der Waals surface area contributed by atoms with Crippen LogP contribution >= 0.6 is 0 Å². The molecule has 0 aromatic heterocycles. The molecule has 142 valence electrons. The van der Waals surface area contributed by atoms with Gasteiger partial charge in [-0.05, 0) is 12.0 Å². The maximum absolute atomic E-state index is 12.2. The molecule has 1 heterocycles. The van der Waals surface area contributed by atoms with Crippen molar-refractivity contribution in [2.75, 3.05) is 0 Å². The third-order valence-electron chi connectivity index (χ3n) is 4.12. The maximum Gasteiger partial charge on any atom is 0.326 e. The summed E-state index contributed by atoms with van der Waals surface area (Å²) in [5.41, 5.74) is 0.885. The average Bonchev–Trinajstić information content (AvgIpc) is 2.63. The van der Waals surface area contributed by atoms with Crippen molar-refractivity contribution in [1.82, 2.24) is 16.0 Å². The van der Waals surface area contributed by atoms with Gasteiger partial charge in [0.1, 0.15) is 18.1 Å². The van der Waals surface area contributed by atoms with Gasteiger partial charge in [0.2, 0.25) is 17.7 Å². The van der Waals surface area contributed by atoms with Gasteiger partial charge >= 0.3 is 5.97 Å². The Balaban J connectivity index is 1.90. The molecular formula is C18H20N4O5. The van der Waals surface area contributed by atoms with E-state index >= 15 is 0 Å². The predicted octanol–water partition coefficient (Wildman–Crippen LogP) is -0.524. The number of nitriles is 1. The molecular weight excluding hydrogens is 352 g/mol. The highest BCUT2D eigenvalue weighted by molar-refractivity contribution is 5.99. The Bertz CT molecular complexity index is 759. The van der Waals surface area contributed by atoms with Crippen molar-refractivity contribution in [2.45, 2.75) is 43.8 Å². The molecule has 1 fully saturated rings. The summed E-state index contributed by atoms with van der Waals surface area (Å²) < 4.78 is 0. The summed E-state index contributed by atoms with van der Waals surface area (Å²) in [5.74, 6) is -2.87. The SMILES string of the molecule is N#CCC[C@@H](NC(=O)C[C@@H]1NC(=O)[C@H](Cc2ccccc2)NC1=O)C(=O)O. The number of carboxylic acid groups (broad SMARTS) is 1. The van der Waals surface area contributed by atoms with Crippen LogP contribution in [0, 0.1) is 11.3 Å². The van der Waals surface area contributed by atoms with E-state index in [1.54, 1.807) is 0 Å². The van der Waals surface area contributed by atoms with Crippen molar-refractivity contribution in [3.05, 3.63) is 35.9 Å². The fourth-order valence-corrected chi connectivity index (χ4v) is 2.72. The molecule has 0 radical (unpaired) electrons. The van der Waals surface area contributed by atoms with E-state index in [-0.39, 0.29) is 19.3 Å². The molecule has 3 atom stereocenters. The second-order valence-corrected chi connectivity index (χ2v) is 6.17. The number of nitrogens with zero attached hydrogens (tertiary/aromatic N) is 1. The number of piperazine rings is 1. The average molecular weight is 372 g/mol. The third kappa shape index (κ3) is 5.81. The van der Waals surface area contributed by atoms with Crippen LogP contribution in [-0.4, -0.2) is 46.9 Å². The van der Waals surface area contributed by atoms with Gasteiger partial charge in [-0.2, -0.15) is 5.26 Å². The fourth-order valence-electron chi connectivity index (χ4n) is 2.72. The van der Waals surface area contributed by atoms with Gasteiger partial charge in [0.25, 0.3) is 0 Å². The summed E-state index contributed by atoms with van der Waals surface area (Å²) in [6, 6.07) is 7.97. The first-order chi connectivity index (χ1) is 12.9. The summed E-state index contributed by atoms with van der Waals surface area (Å²) in [4.78, 5) is 47.5. The highest BCUT2D eigenvalue weighted by Crippen LogP contribution is 2.09. The number of nitrogens with one attached hydrogen (secondary N) is 3. The monoisotopic (exact) mass is 372 g/mol. The van der Waals surface area contributed by atoms with Crippen molar-refractivity contribution in [3.63, 3.8) is 0 Å². The first-order valence-electron chi connectivity index (χ1n) is 8.44. The minimum absolute atomic E-state index is 0.0287. The summed E-state index contributed by atoms with van der Waals surface area (Å²) in [6.07, 6.45) is -0.127. The van der Waals surface area contributed by atoms with Gasteiger partial charge in [0.15, 0.2) is 0 Å². The van der Waals surface area contributed by atoms with Crippen LogP contribution < -0.4 is 16.0 Å². The highest BCUT2D eigenvalue weighted by Gasteiger charge is 2.35. The molecule has 0 unspecified atom stereocenters. The van der Waals surface area contributed by atoms with Crippen LogP contribution in [0.3, 0.4) is 0 Å².